The zero-order chi connectivity index (χ0) is 19.2. The van der Waals surface area contributed by atoms with Gasteiger partial charge in [0.05, 0.1) is 33.0 Å². The minimum absolute atomic E-state index is 0.0568. The first kappa shape index (κ1) is 21.6. The number of hydrogen-bond acceptors (Lipinski definition) is 5. The number of amidine groups is 1. The summed E-state index contributed by atoms with van der Waals surface area (Å²) in [6.45, 7) is 4.62. The number of benzene rings is 1. The summed E-state index contributed by atoms with van der Waals surface area (Å²) in [7, 11) is 1.33. The zero-order valence-corrected chi connectivity index (χ0v) is 15.6. The Morgan fingerprint density at radius 2 is 2.04 bits per heavy atom. The van der Waals surface area contributed by atoms with E-state index in [9.17, 15) is 9.90 Å². The van der Waals surface area contributed by atoms with Crippen LogP contribution in [0.2, 0.25) is 0 Å². The maximum Gasteiger partial charge on any atom is 0.330 e. The highest BCUT2D eigenvalue weighted by atomic mass is 16.5. The van der Waals surface area contributed by atoms with E-state index < -0.39 is 5.97 Å². The lowest BCUT2D eigenvalue weighted by Gasteiger charge is -2.18. The van der Waals surface area contributed by atoms with Gasteiger partial charge in [-0.05, 0) is 18.1 Å². The molecule has 0 saturated carbocycles. The summed E-state index contributed by atoms with van der Waals surface area (Å²) in [5, 5.41) is 12.7. The lowest BCUT2D eigenvalue weighted by molar-refractivity contribution is -0.134. The number of aliphatic hydroxyl groups is 1. The number of ether oxygens (including phenoxy) is 2. The molecule has 0 heterocycles. The molecule has 142 valence electrons. The molecular weight excluding hydrogens is 332 g/mol. The van der Waals surface area contributed by atoms with Gasteiger partial charge in [-0.1, -0.05) is 43.3 Å². The summed E-state index contributed by atoms with van der Waals surface area (Å²) in [5.74, 6) is 0.324. The third-order valence-corrected chi connectivity index (χ3v) is 3.46. The molecule has 1 aromatic rings. The standard InChI is InChI=1S/C20H28N2O4/c1-4-19(21-12-16(2)10-11-20(24)25-3)22-18(13-23)15-26-14-17-8-6-5-7-9-17/h5-12,18,23H,4,13-15H2,1-3H3,(H,21,22)/b11-10+,16-12+/t18-/m1/s1. The Hall–Kier alpha value is -2.44. The molecule has 0 aromatic heterocycles. The van der Waals surface area contributed by atoms with Gasteiger partial charge in [-0.25, -0.2) is 9.79 Å². The predicted octanol–water partition coefficient (Wildman–Crippen LogP) is 2.60. The van der Waals surface area contributed by atoms with Crippen LogP contribution in [0.25, 0.3) is 0 Å². The minimum atomic E-state index is -0.411. The van der Waals surface area contributed by atoms with E-state index in [1.165, 1.54) is 13.2 Å². The van der Waals surface area contributed by atoms with Gasteiger partial charge >= 0.3 is 5.97 Å². The Bertz CT molecular complexity index is 624. The minimum Gasteiger partial charge on any atom is -0.466 e. The van der Waals surface area contributed by atoms with Crippen molar-refractivity contribution in [2.75, 3.05) is 20.3 Å². The first-order chi connectivity index (χ1) is 12.6. The van der Waals surface area contributed by atoms with Crippen LogP contribution in [0.5, 0.6) is 0 Å². The van der Waals surface area contributed by atoms with Gasteiger partial charge in [0.15, 0.2) is 0 Å². The average Bonchev–Trinajstić information content (AvgIpc) is 2.68. The second-order valence-corrected chi connectivity index (χ2v) is 5.68. The van der Waals surface area contributed by atoms with Gasteiger partial charge < -0.3 is 19.9 Å². The normalized spacial score (nSPS) is 13.7. The number of nitrogens with one attached hydrogen (secondary N) is 1. The van der Waals surface area contributed by atoms with Crippen LogP contribution in [0, 0.1) is 0 Å². The molecule has 6 heteroatoms. The molecule has 0 aliphatic heterocycles. The molecule has 0 spiro atoms. The molecule has 0 aliphatic carbocycles. The fourth-order valence-corrected chi connectivity index (χ4v) is 1.99. The Morgan fingerprint density at radius 1 is 1.31 bits per heavy atom. The van der Waals surface area contributed by atoms with Crippen LogP contribution in [0.4, 0.5) is 0 Å². The largest absolute Gasteiger partial charge is 0.466 e. The van der Waals surface area contributed by atoms with Gasteiger partial charge in [-0.15, -0.1) is 0 Å². The van der Waals surface area contributed by atoms with Crippen LogP contribution < -0.4 is 5.32 Å². The van der Waals surface area contributed by atoms with Crippen molar-refractivity contribution in [1.82, 2.24) is 5.32 Å². The van der Waals surface area contributed by atoms with Crippen molar-refractivity contribution >= 4 is 11.8 Å². The fourth-order valence-electron chi connectivity index (χ4n) is 1.99. The number of carbonyl (C=O) groups is 1. The highest BCUT2D eigenvalue weighted by molar-refractivity contribution is 5.83. The molecule has 0 bridgehead atoms. The molecule has 0 amide bonds. The predicted molar refractivity (Wildman–Crippen MR) is 103 cm³/mol. The number of nitrogens with zero attached hydrogens (tertiary/aromatic N) is 1. The first-order valence-corrected chi connectivity index (χ1v) is 8.57. The Balaban J connectivity index is 2.54. The SMILES string of the molecule is CC\C(=N/C=C(C)/C=C/C(=O)OC)N[C@H](CO)COCc1ccccc1. The van der Waals surface area contributed by atoms with Gasteiger partial charge in [-0.2, -0.15) is 0 Å². The van der Waals surface area contributed by atoms with Crippen molar-refractivity contribution < 1.29 is 19.4 Å². The van der Waals surface area contributed by atoms with E-state index in [1.807, 2.05) is 44.2 Å². The molecule has 6 nitrogen and oxygen atoms in total. The molecule has 1 rings (SSSR count). The second kappa shape index (κ2) is 12.9. The zero-order valence-electron chi connectivity index (χ0n) is 15.6. The molecule has 0 unspecified atom stereocenters. The summed E-state index contributed by atoms with van der Waals surface area (Å²) in [4.78, 5) is 15.4. The van der Waals surface area contributed by atoms with E-state index in [4.69, 9.17) is 4.74 Å². The molecule has 26 heavy (non-hydrogen) atoms. The van der Waals surface area contributed by atoms with Gasteiger partial charge in [-0.3, -0.25) is 0 Å². The van der Waals surface area contributed by atoms with Gasteiger partial charge in [0.2, 0.25) is 0 Å². The summed E-state index contributed by atoms with van der Waals surface area (Å²) < 4.78 is 10.2. The van der Waals surface area contributed by atoms with Crippen molar-refractivity contribution in [2.45, 2.75) is 32.9 Å². The monoisotopic (exact) mass is 360 g/mol. The van der Waals surface area contributed by atoms with Crippen molar-refractivity contribution in [2.24, 2.45) is 4.99 Å². The van der Waals surface area contributed by atoms with Crippen molar-refractivity contribution in [3.63, 3.8) is 0 Å². The number of hydrogen-bond donors (Lipinski definition) is 2. The molecule has 0 aliphatic rings. The number of allylic oxidation sites excluding steroid dienone is 2. The maximum absolute atomic E-state index is 11.1. The molecule has 1 aromatic carbocycles. The van der Waals surface area contributed by atoms with E-state index in [1.54, 1.807) is 12.3 Å². The Labute approximate surface area is 155 Å². The number of methoxy groups -OCH3 is 1. The smallest absolute Gasteiger partial charge is 0.330 e. The summed E-state index contributed by atoms with van der Waals surface area (Å²) in [6.07, 6.45) is 5.31. The third kappa shape index (κ3) is 9.15. The van der Waals surface area contributed by atoms with Crippen molar-refractivity contribution in [3.05, 3.63) is 59.8 Å². The van der Waals surface area contributed by atoms with Crippen LogP contribution in [0.3, 0.4) is 0 Å². The molecule has 2 N–H and O–H groups in total. The van der Waals surface area contributed by atoms with Crippen LogP contribution >= 0.6 is 0 Å². The summed E-state index contributed by atoms with van der Waals surface area (Å²) in [5.41, 5.74) is 1.90. The molecule has 0 radical (unpaired) electrons. The van der Waals surface area contributed by atoms with Gasteiger partial charge in [0.25, 0.3) is 0 Å². The topological polar surface area (TPSA) is 80.2 Å². The van der Waals surface area contributed by atoms with E-state index >= 15 is 0 Å². The van der Waals surface area contributed by atoms with Gasteiger partial charge in [0, 0.05) is 18.7 Å². The van der Waals surface area contributed by atoms with Crippen LogP contribution in [0.15, 0.2) is 59.2 Å². The molecule has 0 saturated heterocycles. The van der Waals surface area contributed by atoms with Crippen molar-refractivity contribution in [1.29, 1.82) is 0 Å². The third-order valence-electron chi connectivity index (χ3n) is 3.46. The maximum atomic E-state index is 11.1. The second-order valence-electron chi connectivity index (χ2n) is 5.68. The summed E-state index contributed by atoms with van der Waals surface area (Å²) in [6, 6.07) is 9.64. The number of esters is 1. The van der Waals surface area contributed by atoms with Crippen LogP contribution in [0.1, 0.15) is 25.8 Å². The van der Waals surface area contributed by atoms with E-state index in [-0.39, 0.29) is 12.6 Å². The highest BCUT2D eigenvalue weighted by Crippen LogP contribution is 2.02. The highest BCUT2D eigenvalue weighted by Gasteiger charge is 2.09. The number of aliphatic hydroxyl groups excluding tert-OH is 1. The lowest BCUT2D eigenvalue weighted by Crippen LogP contribution is -2.40. The van der Waals surface area contributed by atoms with Crippen LogP contribution in [-0.4, -0.2) is 43.3 Å². The molecular formula is C20H28N2O4. The molecule has 1 atom stereocenters. The summed E-state index contributed by atoms with van der Waals surface area (Å²) >= 11 is 0. The number of aliphatic imine (C=N–C) groups is 1. The van der Waals surface area contributed by atoms with E-state index in [0.29, 0.717) is 19.6 Å². The Morgan fingerprint density at radius 3 is 2.65 bits per heavy atom. The first-order valence-electron chi connectivity index (χ1n) is 8.57. The molecule has 0 fully saturated rings. The number of carbonyl (C=O) groups excluding carboxylic acids is 1. The quantitative estimate of drug-likeness (QED) is 0.220. The van der Waals surface area contributed by atoms with E-state index in [2.05, 4.69) is 15.0 Å². The fraction of sp³-hybridized carbons (Fsp3) is 0.400. The van der Waals surface area contributed by atoms with Gasteiger partial charge in [0.1, 0.15) is 5.84 Å². The van der Waals surface area contributed by atoms with E-state index in [0.717, 1.165) is 17.0 Å². The number of rotatable bonds is 10. The van der Waals surface area contributed by atoms with Crippen LogP contribution in [-0.2, 0) is 20.9 Å². The van der Waals surface area contributed by atoms with Crippen molar-refractivity contribution in [3.8, 4) is 0 Å². The lowest BCUT2D eigenvalue weighted by atomic mass is 10.2. The Kier molecular flexibility index (Phi) is 10.7. The average molecular weight is 360 g/mol.